The molecule has 1 aliphatic rings. The van der Waals surface area contributed by atoms with Crippen LogP contribution in [0.15, 0.2) is 29.2 Å². The summed E-state index contributed by atoms with van der Waals surface area (Å²) in [6.45, 7) is 0.767. The molecule has 0 amide bonds. The Morgan fingerprint density at radius 2 is 2.00 bits per heavy atom. The number of hydrogen-bond acceptors (Lipinski definition) is 3. The van der Waals surface area contributed by atoms with Gasteiger partial charge in [0.25, 0.3) is 0 Å². The minimum Gasteiger partial charge on any atom is -0.384 e. The molecule has 0 bridgehead atoms. The van der Waals surface area contributed by atoms with Crippen molar-refractivity contribution in [3.63, 3.8) is 0 Å². The van der Waals surface area contributed by atoms with Crippen molar-refractivity contribution in [2.45, 2.75) is 29.5 Å². The van der Waals surface area contributed by atoms with Crippen molar-refractivity contribution in [3.05, 3.63) is 24.3 Å². The van der Waals surface area contributed by atoms with E-state index in [1.165, 1.54) is 4.31 Å². The molecule has 1 fully saturated rings. The molecule has 0 aromatic heterocycles. The molecule has 6 heteroatoms. The number of hydrogen-bond donors (Lipinski definition) is 1. The van der Waals surface area contributed by atoms with Gasteiger partial charge in [-0.2, -0.15) is 0 Å². The zero-order valence-corrected chi connectivity index (χ0v) is 13.4. The predicted molar refractivity (Wildman–Crippen MR) is 82.8 cm³/mol. The smallest absolute Gasteiger partial charge is 0.244 e. The fourth-order valence-corrected chi connectivity index (χ4v) is 3.93. The van der Waals surface area contributed by atoms with Crippen molar-refractivity contribution in [1.29, 1.82) is 0 Å². The van der Waals surface area contributed by atoms with Crippen LogP contribution in [-0.2, 0) is 10.0 Å². The summed E-state index contributed by atoms with van der Waals surface area (Å²) in [5, 5.41) is 3.54. The SMILES string of the molecule is CN(C)S(=O)(=O)c1ccccc1NCC1CCC(Cl)C1. The van der Waals surface area contributed by atoms with Gasteiger partial charge >= 0.3 is 0 Å². The minimum absolute atomic E-state index is 0.266. The van der Waals surface area contributed by atoms with Crippen molar-refractivity contribution >= 4 is 27.3 Å². The zero-order valence-electron chi connectivity index (χ0n) is 11.8. The Morgan fingerprint density at radius 3 is 2.60 bits per heavy atom. The van der Waals surface area contributed by atoms with Crippen molar-refractivity contribution in [3.8, 4) is 0 Å². The van der Waals surface area contributed by atoms with Gasteiger partial charge in [0, 0.05) is 26.0 Å². The van der Waals surface area contributed by atoms with Crippen LogP contribution in [0.4, 0.5) is 5.69 Å². The molecule has 2 atom stereocenters. The van der Waals surface area contributed by atoms with E-state index in [1.54, 1.807) is 26.2 Å². The number of benzene rings is 1. The van der Waals surface area contributed by atoms with Crippen LogP contribution < -0.4 is 5.32 Å². The first kappa shape index (κ1) is 15.6. The van der Waals surface area contributed by atoms with Gasteiger partial charge < -0.3 is 5.32 Å². The van der Waals surface area contributed by atoms with Gasteiger partial charge in [-0.1, -0.05) is 12.1 Å². The Kier molecular flexibility index (Phi) is 4.94. The standard InChI is InChI=1S/C14H21ClN2O2S/c1-17(2)20(18,19)14-6-4-3-5-13(14)16-10-11-7-8-12(15)9-11/h3-6,11-12,16H,7-10H2,1-2H3. The highest BCUT2D eigenvalue weighted by molar-refractivity contribution is 7.89. The Hall–Kier alpha value is -0.780. The summed E-state index contributed by atoms with van der Waals surface area (Å²) in [6.07, 6.45) is 3.15. The molecule has 1 aliphatic carbocycles. The lowest BCUT2D eigenvalue weighted by atomic mass is 10.1. The lowest BCUT2D eigenvalue weighted by Gasteiger charge is -2.18. The molecule has 0 saturated heterocycles. The van der Waals surface area contributed by atoms with E-state index in [9.17, 15) is 8.42 Å². The van der Waals surface area contributed by atoms with Crippen molar-refractivity contribution in [2.24, 2.45) is 5.92 Å². The lowest BCUT2D eigenvalue weighted by molar-refractivity contribution is 0.520. The van der Waals surface area contributed by atoms with Crippen LogP contribution in [-0.4, -0.2) is 38.7 Å². The molecular formula is C14H21ClN2O2S. The summed E-state index contributed by atoms with van der Waals surface area (Å²) in [7, 11) is -0.334. The first-order chi connectivity index (χ1) is 9.41. The van der Waals surface area contributed by atoms with Crippen LogP contribution in [0.5, 0.6) is 0 Å². The third kappa shape index (κ3) is 3.45. The van der Waals surface area contributed by atoms with E-state index in [-0.39, 0.29) is 5.38 Å². The van der Waals surface area contributed by atoms with Crippen LogP contribution in [0.3, 0.4) is 0 Å². The number of para-hydroxylation sites is 1. The maximum absolute atomic E-state index is 12.3. The first-order valence-corrected chi connectivity index (χ1v) is 8.68. The van der Waals surface area contributed by atoms with Gasteiger partial charge in [-0.3, -0.25) is 0 Å². The normalized spacial score (nSPS) is 23.2. The van der Waals surface area contributed by atoms with Gasteiger partial charge in [0.2, 0.25) is 10.0 Å². The van der Waals surface area contributed by atoms with Crippen molar-refractivity contribution in [1.82, 2.24) is 4.31 Å². The number of nitrogens with zero attached hydrogens (tertiary/aromatic N) is 1. The summed E-state index contributed by atoms with van der Waals surface area (Å²) >= 11 is 6.10. The van der Waals surface area contributed by atoms with Crippen molar-refractivity contribution < 1.29 is 8.42 Å². The molecular weight excluding hydrogens is 296 g/mol. The molecule has 112 valence electrons. The van der Waals surface area contributed by atoms with Gasteiger partial charge in [0.05, 0.1) is 5.69 Å². The van der Waals surface area contributed by atoms with Crippen molar-refractivity contribution in [2.75, 3.05) is 26.0 Å². The molecule has 1 saturated carbocycles. The van der Waals surface area contributed by atoms with E-state index >= 15 is 0 Å². The number of anilines is 1. The number of rotatable bonds is 5. The van der Waals surface area contributed by atoms with Gasteiger partial charge in [-0.25, -0.2) is 12.7 Å². The highest BCUT2D eigenvalue weighted by Crippen LogP contribution is 2.30. The molecule has 0 radical (unpaired) electrons. The summed E-state index contributed by atoms with van der Waals surface area (Å²) in [5.41, 5.74) is 0.666. The number of nitrogens with one attached hydrogen (secondary N) is 1. The zero-order chi connectivity index (χ0) is 14.8. The molecule has 0 aliphatic heterocycles. The molecule has 2 unspecified atom stereocenters. The molecule has 1 aromatic rings. The largest absolute Gasteiger partial charge is 0.384 e. The van der Waals surface area contributed by atoms with Crippen LogP contribution in [0, 0.1) is 5.92 Å². The monoisotopic (exact) mass is 316 g/mol. The van der Waals surface area contributed by atoms with E-state index in [1.807, 2.05) is 12.1 Å². The first-order valence-electron chi connectivity index (χ1n) is 6.80. The molecule has 20 heavy (non-hydrogen) atoms. The summed E-state index contributed by atoms with van der Waals surface area (Å²) in [6, 6.07) is 7.03. The van der Waals surface area contributed by atoms with Gasteiger partial charge in [0.1, 0.15) is 4.90 Å². The maximum Gasteiger partial charge on any atom is 0.244 e. The molecule has 1 aromatic carbocycles. The van der Waals surface area contributed by atoms with Crippen LogP contribution in [0.1, 0.15) is 19.3 Å². The Morgan fingerprint density at radius 1 is 1.30 bits per heavy atom. The van der Waals surface area contributed by atoms with E-state index in [0.717, 1.165) is 25.8 Å². The fraction of sp³-hybridized carbons (Fsp3) is 0.571. The molecule has 2 rings (SSSR count). The van der Waals surface area contributed by atoms with Crippen LogP contribution in [0.25, 0.3) is 0 Å². The average Bonchev–Trinajstić information content (AvgIpc) is 2.82. The summed E-state index contributed by atoms with van der Waals surface area (Å²) in [4.78, 5) is 0.324. The predicted octanol–water partition coefficient (Wildman–Crippen LogP) is 2.76. The molecule has 0 spiro atoms. The van der Waals surface area contributed by atoms with Gasteiger partial charge in [-0.05, 0) is 37.3 Å². The van der Waals surface area contributed by atoms with Gasteiger partial charge in [0.15, 0.2) is 0 Å². The third-order valence-corrected chi connectivity index (χ3v) is 5.97. The number of alkyl halides is 1. The van der Waals surface area contributed by atoms with E-state index < -0.39 is 10.0 Å². The Balaban J connectivity index is 2.13. The second-order valence-corrected chi connectivity index (χ2v) is 8.18. The van der Waals surface area contributed by atoms with E-state index in [4.69, 9.17) is 11.6 Å². The Bertz CT molecular complexity index is 560. The minimum atomic E-state index is -3.42. The summed E-state index contributed by atoms with van der Waals surface area (Å²) < 4.78 is 25.8. The van der Waals surface area contributed by atoms with E-state index in [0.29, 0.717) is 16.5 Å². The molecule has 1 N–H and O–H groups in total. The molecule has 4 nitrogen and oxygen atoms in total. The third-order valence-electron chi connectivity index (χ3n) is 3.70. The quantitative estimate of drug-likeness (QED) is 0.850. The average molecular weight is 317 g/mol. The fourth-order valence-electron chi connectivity index (χ4n) is 2.49. The number of halogens is 1. The highest BCUT2D eigenvalue weighted by Gasteiger charge is 2.24. The molecule has 0 heterocycles. The maximum atomic E-state index is 12.3. The summed E-state index contributed by atoms with van der Waals surface area (Å²) in [5.74, 6) is 0.521. The topological polar surface area (TPSA) is 49.4 Å². The van der Waals surface area contributed by atoms with E-state index in [2.05, 4.69) is 5.32 Å². The lowest BCUT2D eigenvalue weighted by Crippen LogP contribution is -2.24. The van der Waals surface area contributed by atoms with Crippen LogP contribution >= 0.6 is 11.6 Å². The highest BCUT2D eigenvalue weighted by atomic mass is 35.5. The Labute approximate surface area is 126 Å². The van der Waals surface area contributed by atoms with Gasteiger partial charge in [-0.15, -0.1) is 11.6 Å². The second-order valence-electron chi connectivity index (χ2n) is 5.44. The van der Waals surface area contributed by atoms with Crippen LogP contribution in [0.2, 0.25) is 0 Å². The number of sulfonamides is 1. The second kappa shape index (κ2) is 6.33.